The van der Waals surface area contributed by atoms with Crippen LogP contribution in [0.1, 0.15) is 11.3 Å². The molecule has 0 amide bonds. The Morgan fingerprint density at radius 1 is 1.44 bits per heavy atom. The molecule has 0 fully saturated rings. The van der Waals surface area contributed by atoms with Gasteiger partial charge in [0.1, 0.15) is 5.75 Å². The summed E-state index contributed by atoms with van der Waals surface area (Å²) in [5.74, 6) is 0.763. The van der Waals surface area contributed by atoms with Crippen molar-refractivity contribution in [2.75, 3.05) is 13.7 Å². The van der Waals surface area contributed by atoms with E-state index in [0.717, 1.165) is 17.0 Å². The highest BCUT2D eigenvalue weighted by Gasteiger charge is 2.07. The zero-order valence-electron chi connectivity index (χ0n) is 10.0. The van der Waals surface area contributed by atoms with Gasteiger partial charge in [-0.3, -0.25) is 0 Å². The summed E-state index contributed by atoms with van der Waals surface area (Å²) in [7, 11) is 1.62. The average Bonchev–Trinajstić information content (AvgIpc) is 2.77. The molecular weight excluding hydrogens is 254 g/mol. The number of nitrogens with zero attached hydrogens (tertiary/aromatic N) is 3. The molecule has 2 rings (SSSR count). The molecule has 1 aromatic carbocycles. The molecule has 0 radical (unpaired) electrons. The van der Waals surface area contributed by atoms with Crippen LogP contribution in [-0.4, -0.2) is 33.8 Å². The number of methoxy groups -OCH3 is 1. The smallest absolute Gasteiger partial charge is 0.124 e. The van der Waals surface area contributed by atoms with E-state index in [0.29, 0.717) is 18.0 Å². The Kier molecular flexibility index (Phi) is 4.17. The zero-order valence-corrected chi connectivity index (χ0v) is 10.8. The molecule has 1 aromatic heterocycles. The molecule has 18 heavy (non-hydrogen) atoms. The van der Waals surface area contributed by atoms with Crippen molar-refractivity contribution in [3.8, 4) is 5.75 Å². The van der Waals surface area contributed by atoms with Gasteiger partial charge >= 0.3 is 0 Å². The van der Waals surface area contributed by atoms with E-state index in [4.69, 9.17) is 21.4 Å². The largest absolute Gasteiger partial charge is 0.496 e. The van der Waals surface area contributed by atoms with Crippen molar-refractivity contribution in [3.63, 3.8) is 0 Å². The predicted molar refractivity (Wildman–Crippen MR) is 67.9 cm³/mol. The van der Waals surface area contributed by atoms with E-state index in [9.17, 15) is 0 Å². The lowest BCUT2D eigenvalue weighted by Crippen LogP contribution is -2.02. The lowest BCUT2D eigenvalue weighted by molar-refractivity contribution is 0.298. The molecule has 1 N–H and O–H groups in total. The third-order valence-corrected chi connectivity index (χ3v) is 2.76. The van der Waals surface area contributed by atoms with E-state index in [1.54, 1.807) is 24.1 Å². The highest BCUT2D eigenvalue weighted by atomic mass is 35.5. The van der Waals surface area contributed by atoms with E-state index < -0.39 is 0 Å². The normalized spacial score (nSPS) is 10.6. The summed E-state index contributed by atoms with van der Waals surface area (Å²) in [5.41, 5.74) is 1.70. The van der Waals surface area contributed by atoms with Gasteiger partial charge in [-0.25, -0.2) is 4.68 Å². The van der Waals surface area contributed by atoms with Crippen LogP contribution in [0.25, 0.3) is 0 Å². The van der Waals surface area contributed by atoms with Gasteiger partial charge in [0.2, 0.25) is 0 Å². The number of aliphatic hydroxyl groups is 1. The minimum atomic E-state index is 0.0686. The number of hydrogen-bond donors (Lipinski definition) is 1. The van der Waals surface area contributed by atoms with Crippen LogP contribution in [0, 0.1) is 0 Å². The molecule has 0 bridgehead atoms. The molecule has 0 aliphatic carbocycles. The van der Waals surface area contributed by atoms with Gasteiger partial charge in [0.25, 0.3) is 0 Å². The van der Waals surface area contributed by atoms with E-state index >= 15 is 0 Å². The molecule has 0 atom stereocenters. The van der Waals surface area contributed by atoms with Crippen LogP contribution in [0.3, 0.4) is 0 Å². The predicted octanol–water partition coefficient (Wildman–Crippen LogP) is 1.52. The molecule has 5 nitrogen and oxygen atoms in total. The van der Waals surface area contributed by atoms with Gasteiger partial charge < -0.3 is 9.84 Å². The maximum atomic E-state index is 8.82. The summed E-state index contributed by atoms with van der Waals surface area (Å²) < 4.78 is 6.96. The molecule has 0 spiro atoms. The first-order chi connectivity index (χ1) is 8.72. The Morgan fingerprint density at radius 2 is 2.28 bits per heavy atom. The van der Waals surface area contributed by atoms with Gasteiger partial charge in [0.05, 0.1) is 19.3 Å². The van der Waals surface area contributed by atoms with Crippen molar-refractivity contribution in [1.82, 2.24) is 15.0 Å². The molecular formula is C12H14ClN3O2. The van der Waals surface area contributed by atoms with Crippen molar-refractivity contribution in [3.05, 3.63) is 40.7 Å². The minimum absolute atomic E-state index is 0.0686. The average molecular weight is 268 g/mol. The Balaban J connectivity index is 2.19. The Labute approximate surface area is 110 Å². The zero-order chi connectivity index (χ0) is 13.0. The number of benzene rings is 1. The Bertz CT molecular complexity index is 528. The lowest BCUT2D eigenvalue weighted by atomic mass is 10.2. The van der Waals surface area contributed by atoms with Crippen LogP contribution in [0.2, 0.25) is 5.02 Å². The van der Waals surface area contributed by atoms with Crippen LogP contribution in [0.5, 0.6) is 5.75 Å². The number of hydrogen-bond acceptors (Lipinski definition) is 4. The third-order valence-electron chi connectivity index (χ3n) is 2.53. The maximum Gasteiger partial charge on any atom is 0.124 e. The molecule has 0 saturated heterocycles. The summed E-state index contributed by atoms with van der Waals surface area (Å²) in [6, 6.07) is 5.44. The summed E-state index contributed by atoms with van der Waals surface area (Å²) in [6.45, 7) is 0.599. The fourth-order valence-electron chi connectivity index (χ4n) is 1.69. The van der Waals surface area contributed by atoms with E-state index in [2.05, 4.69) is 10.3 Å². The monoisotopic (exact) mass is 267 g/mol. The second-order valence-electron chi connectivity index (χ2n) is 3.84. The number of aromatic nitrogens is 3. The first-order valence-corrected chi connectivity index (χ1v) is 5.93. The van der Waals surface area contributed by atoms with Crippen molar-refractivity contribution >= 4 is 11.6 Å². The van der Waals surface area contributed by atoms with E-state index in [1.165, 1.54) is 0 Å². The maximum absolute atomic E-state index is 8.82. The van der Waals surface area contributed by atoms with Gasteiger partial charge in [0, 0.05) is 29.8 Å². The fourth-order valence-corrected chi connectivity index (χ4v) is 1.88. The molecule has 1 heterocycles. The summed E-state index contributed by atoms with van der Waals surface area (Å²) >= 11 is 5.96. The van der Waals surface area contributed by atoms with Gasteiger partial charge in [-0.2, -0.15) is 0 Å². The highest BCUT2D eigenvalue weighted by molar-refractivity contribution is 6.30. The first kappa shape index (κ1) is 12.9. The second kappa shape index (κ2) is 5.84. The molecule has 2 aromatic rings. The standard InChI is InChI=1S/C12H14ClN3O2/c1-18-12-3-2-10(13)6-9(12)7-16-8-11(4-5-17)14-15-16/h2-3,6,8,17H,4-5,7H2,1H3. The minimum Gasteiger partial charge on any atom is -0.496 e. The lowest BCUT2D eigenvalue weighted by Gasteiger charge is -2.08. The Hall–Kier alpha value is -1.59. The van der Waals surface area contributed by atoms with Gasteiger partial charge in [-0.05, 0) is 18.2 Å². The summed E-state index contributed by atoms with van der Waals surface area (Å²) in [6.07, 6.45) is 2.31. The number of ether oxygens (including phenoxy) is 1. The van der Waals surface area contributed by atoms with Crippen LogP contribution >= 0.6 is 11.6 Å². The van der Waals surface area contributed by atoms with Crippen LogP contribution < -0.4 is 4.74 Å². The Morgan fingerprint density at radius 3 is 3.00 bits per heavy atom. The van der Waals surface area contributed by atoms with E-state index in [1.807, 2.05) is 12.1 Å². The summed E-state index contributed by atoms with van der Waals surface area (Å²) in [5, 5.41) is 17.4. The molecule has 6 heteroatoms. The number of aliphatic hydroxyl groups excluding tert-OH is 1. The second-order valence-corrected chi connectivity index (χ2v) is 4.27. The van der Waals surface area contributed by atoms with Crippen molar-refractivity contribution in [2.45, 2.75) is 13.0 Å². The molecule has 0 saturated carbocycles. The van der Waals surface area contributed by atoms with Gasteiger partial charge in [-0.15, -0.1) is 5.10 Å². The van der Waals surface area contributed by atoms with Crippen LogP contribution in [0.4, 0.5) is 0 Å². The SMILES string of the molecule is COc1ccc(Cl)cc1Cn1cc(CCO)nn1. The van der Waals surface area contributed by atoms with Crippen molar-refractivity contribution in [1.29, 1.82) is 0 Å². The number of halogens is 1. The number of rotatable bonds is 5. The van der Waals surface area contributed by atoms with Crippen molar-refractivity contribution < 1.29 is 9.84 Å². The molecule has 0 unspecified atom stereocenters. The van der Waals surface area contributed by atoms with Gasteiger partial charge in [-0.1, -0.05) is 16.8 Å². The first-order valence-electron chi connectivity index (χ1n) is 5.55. The fraction of sp³-hybridized carbons (Fsp3) is 0.333. The molecule has 0 aliphatic heterocycles. The molecule has 96 valence electrons. The third kappa shape index (κ3) is 3.00. The molecule has 0 aliphatic rings. The highest BCUT2D eigenvalue weighted by Crippen LogP contribution is 2.23. The topological polar surface area (TPSA) is 60.2 Å². The van der Waals surface area contributed by atoms with Crippen LogP contribution in [0.15, 0.2) is 24.4 Å². The summed E-state index contributed by atoms with van der Waals surface area (Å²) in [4.78, 5) is 0. The quantitative estimate of drug-likeness (QED) is 0.892. The van der Waals surface area contributed by atoms with Crippen LogP contribution in [-0.2, 0) is 13.0 Å². The van der Waals surface area contributed by atoms with E-state index in [-0.39, 0.29) is 6.61 Å². The van der Waals surface area contributed by atoms with Crippen molar-refractivity contribution in [2.24, 2.45) is 0 Å². The van der Waals surface area contributed by atoms with Gasteiger partial charge in [0.15, 0.2) is 0 Å².